The predicted molar refractivity (Wildman–Crippen MR) is 120 cm³/mol. The lowest BCUT2D eigenvalue weighted by Gasteiger charge is -2.11. The molecule has 31 heavy (non-hydrogen) atoms. The molecule has 160 valence electrons. The normalized spacial score (nSPS) is 11.2. The van der Waals surface area contributed by atoms with Crippen molar-refractivity contribution in [3.63, 3.8) is 0 Å². The van der Waals surface area contributed by atoms with E-state index in [4.69, 9.17) is 25.5 Å². The summed E-state index contributed by atoms with van der Waals surface area (Å²) in [6.07, 6.45) is 1.96. The largest absolute Gasteiger partial charge is 0.482 e. The number of methoxy groups -OCH3 is 1. The van der Waals surface area contributed by atoms with Crippen LogP contribution in [-0.2, 0) is 16.1 Å². The fourth-order valence-corrected chi connectivity index (χ4v) is 3.70. The average Bonchev–Trinajstić information content (AvgIpc) is 3.15. The minimum Gasteiger partial charge on any atom is -0.482 e. The molecule has 0 spiro atoms. The number of fused-ring (bicyclic) bond motifs is 2. The van der Waals surface area contributed by atoms with Gasteiger partial charge in [0.2, 0.25) is 0 Å². The van der Waals surface area contributed by atoms with E-state index in [2.05, 4.69) is 9.88 Å². The fourth-order valence-electron chi connectivity index (χ4n) is 3.48. The van der Waals surface area contributed by atoms with Crippen molar-refractivity contribution in [3.05, 3.63) is 69.7 Å². The molecule has 0 aliphatic heterocycles. The fraction of sp³-hybridized carbons (Fsp3) is 0.217. The van der Waals surface area contributed by atoms with E-state index >= 15 is 0 Å². The van der Waals surface area contributed by atoms with E-state index in [-0.39, 0.29) is 18.3 Å². The highest BCUT2D eigenvalue weighted by atomic mass is 35.5. The van der Waals surface area contributed by atoms with Crippen LogP contribution in [0, 0.1) is 6.92 Å². The first-order valence-electron chi connectivity index (χ1n) is 9.69. The maximum Gasteiger partial charge on any atom is 0.336 e. The van der Waals surface area contributed by atoms with Crippen molar-refractivity contribution in [1.29, 1.82) is 0 Å². The van der Waals surface area contributed by atoms with Crippen LogP contribution in [0.1, 0.15) is 5.56 Å². The molecule has 7 nitrogen and oxygen atoms in total. The number of ether oxygens (including phenoxy) is 2. The van der Waals surface area contributed by atoms with Gasteiger partial charge >= 0.3 is 5.63 Å². The third kappa shape index (κ3) is 4.42. The lowest BCUT2D eigenvalue weighted by molar-refractivity contribution is -0.118. The van der Waals surface area contributed by atoms with Gasteiger partial charge in [-0.1, -0.05) is 17.7 Å². The maximum atomic E-state index is 12.5. The Morgan fingerprint density at radius 2 is 2.03 bits per heavy atom. The molecule has 2 heterocycles. The van der Waals surface area contributed by atoms with Crippen LogP contribution in [0.2, 0.25) is 5.02 Å². The monoisotopic (exact) mass is 440 g/mol. The van der Waals surface area contributed by atoms with Crippen molar-refractivity contribution in [2.24, 2.45) is 0 Å². The zero-order valence-corrected chi connectivity index (χ0v) is 17.9. The molecule has 0 fully saturated rings. The van der Waals surface area contributed by atoms with Crippen LogP contribution in [0.25, 0.3) is 21.9 Å². The Hall–Kier alpha value is -3.29. The average molecular weight is 441 g/mol. The molecule has 4 aromatic rings. The minimum absolute atomic E-state index is 0.248. The SMILES string of the molecule is COCCn1ccc2c(NC(=O)COc3cc4oc(=O)cc(C)c4cc3Cl)cccc21. The number of aromatic nitrogens is 1. The molecule has 0 aliphatic carbocycles. The summed E-state index contributed by atoms with van der Waals surface area (Å²) in [5, 5.41) is 4.84. The van der Waals surface area contributed by atoms with Crippen LogP contribution < -0.4 is 15.7 Å². The summed E-state index contributed by atoms with van der Waals surface area (Å²) in [6.45, 7) is 2.87. The van der Waals surface area contributed by atoms with Gasteiger partial charge in [0.15, 0.2) is 6.61 Å². The molecule has 0 radical (unpaired) electrons. The number of anilines is 1. The molecule has 2 aromatic carbocycles. The molecule has 2 aromatic heterocycles. The number of aryl methyl sites for hydroxylation is 1. The van der Waals surface area contributed by atoms with E-state index in [1.807, 2.05) is 30.5 Å². The van der Waals surface area contributed by atoms with E-state index in [0.717, 1.165) is 23.0 Å². The molecule has 0 unspecified atom stereocenters. The van der Waals surface area contributed by atoms with Gasteiger partial charge in [0.1, 0.15) is 11.3 Å². The molecule has 8 heteroatoms. The first-order chi connectivity index (χ1) is 15.0. The Kier molecular flexibility index (Phi) is 5.97. The molecular formula is C23H21ClN2O5. The van der Waals surface area contributed by atoms with E-state index in [9.17, 15) is 9.59 Å². The lowest BCUT2D eigenvalue weighted by atomic mass is 10.1. The molecule has 1 N–H and O–H groups in total. The van der Waals surface area contributed by atoms with Crippen molar-refractivity contribution in [1.82, 2.24) is 4.57 Å². The molecular weight excluding hydrogens is 420 g/mol. The third-order valence-corrected chi connectivity index (χ3v) is 5.28. The van der Waals surface area contributed by atoms with Crippen LogP contribution in [-0.4, -0.2) is 30.8 Å². The van der Waals surface area contributed by atoms with Gasteiger partial charge in [0, 0.05) is 42.8 Å². The van der Waals surface area contributed by atoms with E-state index in [1.165, 1.54) is 12.1 Å². The van der Waals surface area contributed by atoms with Crippen molar-refractivity contribution in [3.8, 4) is 5.75 Å². The number of nitrogens with zero attached hydrogens (tertiary/aromatic N) is 1. The van der Waals surface area contributed by atoms with Gasteiger partial charge in [0.25, 0.3) is 5.91 Å². The van der Waals surface area contributed by atoms with Gasteiger partial charge < -0.3 is 23.8 Å². The highest BCUT2D eigenvalue weighted by Gasteiger charge is 2.13. The zero-order valence-electron chi connectivity index (χ0n) is 17.1. The highest BCUT2D eigenvalue weighted by Crippen LogP contribution is 2.31. The molecule has 0 bridgehead atoms. The van der Waals surface area contributed by atoms with Gasteiger partial charge in [-0.2, -0.15) is 0 Å². The minimum atomic E-state index is -0.457. The topological polar surface area (TPSA) is 82.7 Å². The van der Waals surface area contributed by atoms with E-state index in [1.54, 1.807) is 20.1 Å². The summed E-state index contributed by atoms with van der Waals surface area (Å²) in [5.41, 5.74) is 2.34. The quantitative estimate of drug-likeness (QED) is 0.431. The van der Waals surface area contributed by atoms with Crippen LogP contribution >= 0.6 is 11.6 Å². The van der Waals surface area contributed by atoms with Crippen LogP contribution in [0.5, 0.6) is 5.75 Å². The predicted octanol–water partition coefficient (Wildman–Crippen LogP) is 4.37. The molecule has 0 aliphatic rings. The Morgan fingerprint density at radius 1 is 1.19 bits per heavy atom. The summed E-state index contributed by atoms with van der Waals surface area (Å²) in [5.74, 6) is -0.0685. The summed E-state index contributed by atoms with van der Waals surface area (Å²) in [4.78, 5) is 24.1. The van der Waals surface area contributed by atoms with Crippen LogP contribution in [0.3, 0.4) is 0 Å². The number of benzene rings is 2. The maximum absolute atomic E-state index is 12.5. The summed E-state index contributed by atoms with van der Waals surface area (Å²) >= 11 is 6.29. The molecule has 4 rings (SSSR count). The number of halogens is 1. The number of rotatable bonds is 7. The Balaban J connectivity index is 1.49. The number of carbonyl (C=O) groups is 1. The number of nitrogens with one attached hydrogen (secondary N) is 1. The lowest BCUT2D eigenvalue weighted by Crippen LogP contribution is -2.20. The highest BCUT2D eigenvalue weighted by molar-refractivity contribution is 6.32. The van der Waals surface area contributed by atoms with Gasteiger partial charge in [-0.25, -0.2) is 4.79 Å². The van der Waals surface area contributed by atoms with Crippen molar-refractivity contribution in [2.45, 2.75) is 13.5 Å². The number of amides is 1. The van der Waals surface area contributed by atoms with Gasteiger partial charge in [0.05, 0.1) is 22.8 Å². The Labute approximate surface area is 183 Å². The van der Waals surface area contributed by atoms with Crippen molar-refractivity contribution < 1.29 is 18.7 Å². The second kappa shape index (κ2) is 8.83. The standard InChI is InChI=1S/C23H21ClN2O5/c1-14-10-23(28)31-20-12-21(17(24)11-16(14)20)30-13-22(27)25-18-4-3-5-19-15(18)6-7-26(19)8-9-29-2/h3-7,10-12H,8-9,13H2,1-2H3,(H,25,27). The zero-order chi connectivity index (χ0) is 22.0. The Bertz CT molecular complexity index is 1330. The molecule has 0 saturated heterocycles. The molecule has 0 atom stereocenters. The molecule has 1 amide bonds. The summed E-state index contributed by atoms with van der Waals surface area (Å²) < 4.78 is 18.0. The van der Waals surface area contributed by atoms with E-state index in [0.29, 0.717) is 28.3 Å². The van der Waals surface area contributed by atoms with Crippen molar-refractivity contribution in [2.75, 3.05) is 25.6 Å². The number of carbonyl (C=O) groups excluding carboxylic acids is 1. The second-order valence-corrected chi connectivity index (χ2v) is 7.51. The van der Waals surface area contributed by atoms with E-state index < -0.39 is 5.63 Å². The molecule has 0 saturated carbocycles. The smallest absolute Gasteiger partial charge is 0.336 e. The van der Waals surface area contributed by atoms with Crippen LogP contribution in [0.4, 0.5) is 5.69 Å². The summed E-state index contributed by atoms with van der Waals surface area (Å²) in [6, 6.07) is 12.2. The second-order valence-electron chi connectivity index (χ2n) is 7.10. The third-order valence-electron chi connectivity index (χ3n) is 4.99. The van der Waals surface area contributed by atoms with Gasteiger partial charge in [-0.05, 0) is 36.8 Å². The Morgan fingerprint density at radius 3 is 2.84 bits per heavy atom. The summed E-state index contributed by atoms with van der Waals surface area (Å²) in [7, 11) is 1.66. The first-order valence-corrected chi connectivity index (χ1v) is 10.1. The number of hydrogen-bond donors (Lipinski definition) is 1. The van der Waals surface area contributed by atoms with Gasteiger partial charge in [-0.3, -0.25) is 4.79 Å². The first kappa shape index (κ1) is 21.0. The van der Waals surface area contributed by atoms with Crippen LogP contribution in [0.15, 0.2) is 57.9 Å². The number of hydrogen-bond acceptors (Lipinski definition) is 5. The van der Waals surface area contributed by atoms with Crippen molar-refractivity contribution >= 4 is 45.1 Å². The van der Waals surface area contributed by atoms with Gasteiger partial charge in [-0.15, -0.1) is 0 Å².